The molecule has 3 rings (SSSR count). The Balaban J connectivity index is 1.77. The average Bonchev–Trinajstić information content (AvgIpc) is 2.85. The Morgan fingerprint density at radius 3 is 2.68 bits per heavy atom. The van der Waals surface area contributed by atoms with E-state index in [4.69, 9.17) is 10.3 Å². The predicted molar refractivity (Wildman–Crippen MR) is 73.4 cm³/mol. The molecule has 0 heterocycles. The molecule has 1 aliphatic rings. The summed E-state index contributed by atoms with van der Waals surface area (Å²) in [4.78, 5) is 2.75. The van der Waals surface area contributed by atoms with Gasteiger partial charge in [-0.3, -0.25) is 0 Å². The van der Waals surface area contributed by atoms with E-state index in [1.807, 2.05) is 18.2 Å². The topological polar surface area (TPSA) is 58.0 Å². The first kappa shape index (κ1) is 11.6. The quantitative estimate of drug-likeness (QED) is 0.443. The van der Waals surface area contributed by atoms with Gasteiger partial charge in [-0.25, -0.2) is 0 Å². The molecule has 1 unspecified atom stereocenters. The molecule has 4 heteroatoms. The maximum atomic E-state index is 8.36. The highest BCUT2D eigenvalue weighted by molar-refractivity contribution is 5.42. The number of nitrogens with zero attached hydrogens (tertiary/aromatic N) is 3. The second kappa shape index (κ2) is 5.04. The van der Waals surface area contributed by atoms with Gasteiger partial charge in [0.2, 0.25) is 0 Å². The number of ether oxygens (including phenoxy) is 1. The molecule has 19 heavy (non-hydrogen) atoms. The molecule has 0 saturated heterocycles. The maximum Gasteiger partial charge on any atom is 0.124 e. The summed E-state index contributed by atoms with van der Waals surface area (Å²) in [5.74, 6) is 0.804. The van der Waals surface area contributed by atoms with Gasteiger partial charge in [0, 0.05) is 10.6 Å². The van der Waals surface area contributed by atoms with E-state index in [-0.39, 0.29) is 6.10 Å². The third-order valence-corrected chi connectivity index (χ3v) is 3.35. The first-order valence-electron chi connectivity index (χ1n) is 6.26. The Kier molecular flexibility index (Phi) is 3.09. The minimum atomic E-state index is 0.126. The lowest BCUT2D eigenvalue weighted by Gasteiger charge is -2.14. The van der Waals surface area contributed by atoms with Gasteiger partial charge in [-0.1, -0.05) is 29.4 Å². The van der Waals surface area contributed by atoms with Crippen LogP contribution in [0.25, 0.3) is 10.4 Å². The highest BCUT2D eigenvalue weighted by atomic mass is 16.5. The summed E-state index contributed by atoms with van der Waals surface area (Å²) in [5, 5.41) is 3.54. The number of hydrogen-bond acceptors (Lipinski definition) is 2. The van der Waals surface area contributed by atoms with Crippen LogP contribution in [0.15, 0.2) is 53.6 Å². The molecule has 0 N–H and O–H groups in total. The summed E-state index contributed by atoms with van der Waals surface area (Å²) < 4.78 is 6.00. The van der Waals surface area contributed by atoms with E-state index in [1.54, 1.807) is 12.1 Å². The number of azide groups is 1. The number of rotatable bonds is 3. The second-order valence-electron chi connectivity index (χ2n) is 4.53. The molecule has 0 spiro atoms. The third-order valence-electron chi connectivity index (χ3n) is 3.35. The van der Waals surface area contributed by atoms with Crippen molar-refractivity contribution < 1.29 is 4.74 Å². The Bertz CT molecular complexity index is 630. The molecule has 2 aromatic carbocycles. The normalized spacial score (nSPS) is 16.5. The van der Waals surface area contributed by atoms with E-state index in [1.165, 1.54) is 11.1 Å². The molecule has 0 saturated carbocycles. The SMILES string of the molecule is [N-]=[N+]=Nc1ccc(OC2CCc3ccccc32)cc1. The fourth-order valence-corrected chi connectivity index (χ4v) is 2.45. The number of aryl methyl sites for hydroxylation is 1. The van der Waals surface area contributed by atoms with Crippen LogP contribution in [0.3, 0.4) is 0 Å². The van der Waals surface area contributed by atoms with E-state index in [0.717, 1.165) is 18.6 Å². The van der Waals surface area contributed by atoms with Gasteiger partial charge in [0.15, 0.2) is 0 Å². The molecule has 2 aromatic rings. The number of hydrogen-bond donors (Lipinski definition) is 0. The Morgan fingerprint density at radius 1 is 1.11 bits per heavy atom. The first-order valence-corrected chi connectivity index (χ1v) is 6.26. The molecular formula is C15H13N3O. The van der Waals surface area contributed by atoms with Crippen molar-refractivity contribution in [3.8, 4) is 5.75 Å². The van der Waals surface area contributed by atoms with Crippen LogP contribution in [0.2, 0.25) is 0 Å². The van der Waals surface area contributed by atoms with Crippen molar-refractivity contribution in [3.05, 3.63) is 70.1 Å². The maximum absolute atomic E-state index is 8.36. The average molecular weight is 251 g/mol. The summed E-state index contributed by atoms with van der Waals surface area (Å²) in [7, 11) is 0. The molecular weight excluding hydrogens is 238 g/mol. The Morgan fingerprint density at radius 2 is 1.89 bits per heavy atom. The van der Waals surface area contributed by atoms with Crippen molar-refractivity contribution in [2.24, 2.45) is 5.11 Å². The molecule has 94 valence electrons. The lowest BCUT2D eigenvalue weighted by molar-refractivity contribution is 0.207. The Hall–Kier alpha value is -2.45. The molecule has 0 amide bonds. The van der Waals surface area contributed by atoms with E-state index >= 15 is 0 Å². The zero-order chi connectivity index (χ0) is 13.1. The van der Waals surface area contributed by atoms with Crippen molar-refractivity contribution in [1.82, 2.24) is 0 Å². The standard InChI is InChI=1S/C15H13N3O/c16-18-17-12-6-8-13(9-7-12)19-15-10-5-11-3-1-2-4-14(11)15/h1-4,6-9,15H,5,10H2. The van der Waals surface area contributed by atoms with E-state index in [0.29, 0.717) is 5.69 Å². The molecule has 1 aliphatic carbocycles. The number of fused-ring (bicyclic) bond motifs is 1. The summed E-state index contributed by atoms with van der Waals surface area (Å²) in [6.07, 6.45) is 2.20. The van der Waals surface area contributed by atoms with Crippen LogP contribution in [-0.4, -0.2) is 0 Å². The minimum Gasteiger partial charge on any atom is -0.486 e. The zero-order valence-electron chi connectivity index (χ0n) is 10.4. The van der Waals surface area contributed by atoms with Crippen molar-refractivity contribution >= 4 is 5.69 Å². The van der Waals surface area contributed by atoms with Crippen molar-refractivity contribution in [1.29, 1.82) is 0 Å². The lowest BCUT2D eigenvalue weighted by atomic mass is 10.1. The van der Waals surface area contributed by atoms with Crippen LogP contribution in [0.5, 0.6) is 5.75 Å². The van der Waals surface area contributed by atoms with E-state index in [2.05, 4.69) is 28.2 Å². The van der Waals surface area contributed by atoms with Crippen molar-refractivity contribution in [2.45, 2.75) is 18.9 Å². The molecule has 0 bridgehead atoms. The van der Waals surface area contributed by atoms with Crippen LogP contribution in [-0.2, 0) is 6.42 Å². The van der Waals surface area contributed by atoms with Crippen LogP contribution in [0, 0.1) is 0 Å². The van der Waals surface area contributed by atoms with Gasteiger partial charge >= 0.3 is 0 Å². The van der Waals surface area contributed by atoms with Crippen molar-refractivity contribution in [3.63, 3.8) is 0 Å². The highest BCUT2D eigenvalue weighted by Gasteiger charge is 2.23. The smallest absolute Gasteiger partial charge is 0.124 e. The Labute approximate surface area is 111 Å². The summed E-state index contributed by atoms with van der Waals surface area (Å²) >= 11 is 0. The van der Waals surface area contributed by atoms with Crippen LogP contribution in [0.4, 0.5) is 5.69 Å². The number of benzene rings is 2. The van der Waals surface area contributed by atoms with Gasteiger partial charge in [0.25, 0.3) is 0 Å². The summed E-state index contributed by atoms with van der Waals surface area (Å²) in [5.41, 5.74) is 11.6. The third kappa shape index (κ3) is 2.39. The minimum absolute atomic E-state index is 0.126. The van der Waals surface area contributed by atoms with Gasteiger partial charge < -0.3 is 4.74 Å². The lowest BCUT2D eigenvalue weighted by Crippen LogP contribution is -2.02. The van der Waals surface area contributed by atoms with Gasteiger partial charge in [0.05, 0.1) is 0 Å². The van der Waals surface area contributed by atoms with Crippen molar-refractivity contribution in [2.75, 3.05) is 0 Å². The van der Waals surface area contributed by atoms with E-state index < -0.39 is 0 Å². The van der Waals surface area contributed by atoms with Gasteiger partial charge in [-0.2, -0.15) is 0 Å². The first-order chi connectivity index (χ1) is 9.36. The van der Waals surface area contributed by atoms with Gasteiger partial charge in [-0.05, 0) is 53.8 Å². The zero-order valence-corrected chi connectivity index (χ0v) is 10.4. The monoisotopic (exact) mass is 251 g/mol. The summed E-state index contributed by atoms with van der Waals surface area (Å²) in [6, 6.07) is 15.6. The molecule has 4 nitrogen and oxygen atoms in total. The fraction of sp³-hybridized carbons (Fsp3) is 0.200. The van der Waals surface area contributed by atoms with Gasteiger partial charge in [-0.15, -0.1) is 0 Å². The second-order valence-corrected chi connectivity index (χ2v) is 4.53. The summed E-state index contributed by atoms with van der Waals surface area (Å²) in [6.45, 7) is 0. The molecule has 0 radical (unpaired) electrons. The highest BCUT2D eigenvalue weighted by Crippen LogP contribution is 2.35. The molecule has 1 atom stereocenters. The molecule has 0 fully saturated rings. The van der Waals surface area contributed by atoms with Crippen LogP contribution in [0.1, 0.15) is 23.7 Å². The van der Waals surface area contributed by atoms with Gasteiger partial charge in [0.1, 0.15) is 11.9 Å². The van der Waals surface area contributed by atoms with Crippen LogP contribution >= 0.6 is 0 Å². The largest absolute Gasteiger partial charge is 0.486 e. The fourth-order valence-electron chi connectivity index (χ4n) is 2.45. The molecule has 0 aliphatic heterocycles. The van der Waals surface area contributed by atoms with E-state index in [9.17, 15) is 0 Å². The molecule has 0 aromatic heterocycles. The van der Waals surface area contributed by atoms with Crippen LogP contribution < -0.4 is 4.74 Å². The predicted octanol–water partition coefficient (Wildman–Crippen LogP) is 4.69.